The number of aliphatic hydroxyl groups is 1. The summed E-state index contributed by atoms with van der Waals surface area (Å²) in [7, 11) is 0. The first kappa shape index (κ1) is 24.0. The summed E-state index contributed by atoms with van der Waals surface area (Å²) in [5.41, 5.74) is 0. The second-order valence-corrected chi connectivity index (χ2v) is 7.33. The Kier molecular flexibility index (Phi) is 18.6. The van der Waals surface area contributed by atoms with E-state index in [9.17, 15) is 9.90 Å². The zero-order valence-corrected chi connectivity index (χ0v) is 16.6. The van der Waals surface area contributed by atoms with Crippen molar-refractivity contribution in [3.63, 3.8) is 0 Å². The third-order valence-electron chi connectivity index (χ3n) is 4.78. The number of aliphatic carboxylic acids is 1. The molecule has 0 aliphatic carbocycles. The van der Waals surface area contributed by atoms with Crippen molar-refractivity contribution >= 4 is 5.97 Å². The maximum Gasteiger partial charge on any atom is 0.303 e. The highest BCUT2D eigenvalue weighted by atomic mass is 16.4. The molecule has 0 bridgehead atoms. The van der Waals surface area contributed by atoms with E-state index >= 15 is 0 Å². The van der Waals surface area contributed by atoms with Gasteiger partial charge in [-0.05, 0) is 18.9 Å². The molecular formula is C22H42O3. The molecule has 0 rings (SSSR count). The maximum atomic E-state index is 10.4. The van der Waals surface area contributed by atoms with Crippen LogP contribution in [0.1, 0.15) is 122 Å². The summed E-state index contributed by atoms with van der Waals surface area (Å²) in [6.07, 6.45) is 23.3. The third kappa shape index (κ3) is 21.0. The fourth-order valence-corrected chi connectivity index (χ4v) is 3.12. The molecule has 3 heteroatoms. The lowest BCUT2D eigenvalue weighted by Crippen LogP contribution is -1.95. The van der Waals surface area contributed by atoms with Crippen LogP contribution in [0.2, 0.25) is 0 Å². The van der Waals surface area contributed by atoms with Gasteiger partial charge < -0.3 is 10.2 Å². The van der Waals surface area contributed by atoms with Crippen molar-refractivity contribution in [1.82, 2.24) is 0 Å². The van der Waals surface area contributed by atoms with Crippen molar-refractivity contribution in [3.8, 4) is 0 Å². The monoisotopic (exact) mass is 354 g/mol. The van der Waals surface area contributed by atoms with E-state index in [-0.39, 0.29) is 18.6 Å². The Morgan fingerprint density at radius 1 is 0.640 bits per heavy atom. The molecule has 0 saturated heterocycles. The van der Waals surface area contributed by atoms with Crippen LogP contribution in [0.5, 0.6) is 0 Å². The number of unbranched alkanes of at least 4 members (excludes halogenated alkanes) is 15. The lowest BCUT2D eigenvalue weighted by Gasteiger charge is -2.03. The van der Waals surface area contributed by atoms with Gasteiger partial charge in [-0.1, -0.05) is 96.8 Å². The minimum atomic E-state index is -0.855. The number of hydrogen-bond acceptors (Lipinski definition) is 2. The molecule has 25 heavy (non-hydrogen) atoms. The molecule has 0 radical (unpaired) electrons. The van der Waals surface area contributed by atoms with Crippen LogP contribution in [0.15, 0.2) is 11.8 Å². The molecule has 0 aromatic heterocycles. The summed E-state index contributed by atoms with van der Waals surface area (Å²) in [6.45, 7) is 2.27. The van der Waals surface area contributed by atoms with Crippen LogP contribution >= 0.6 is 0 Å². The van der Waals surface area contributed by atoms with E-state index in [0.717, 1.165) is 12.8 Å². The maximum absolute atomic E-state index is 10.4. The topological polar surface area (TPSA) is 57.5 Å². The van der Waals surface area contributed by atoms with Gasteiger partial charge in [-0.25, -0.2) is 0 Å². The minimum absolute atomic E-state index is 0.0151. The van der Waals surface area contributed by atoms with E-state index < -0.39 is 5.97 Å². The number of aliphatic hydroxyl groups excluding tert-OH is 1. The van der Waals surface area contributed by atoms with Crippen molar-refractivity contribution in [3.05, 3.63) is 11.8 Å². The molecule has 0 saturated carbocycles. The highest BCUT2D eigenvalue weighted by Crippen LogP contribution is 2.14. The van der Waals surface area contributed by atoms with E-state index in [2.05, 4.69) is 6.92 Å². The molecule has 0 aromatic rings. The van der Waals surface area contributed by atoms with Gasteiger partial charge in [0.2, 0.25) is 0 Å². The zero-order valence-electron chi connectivity index (χ0n) is 16.6. The van der Waals surface area contributed by atoms with Gasteiger partial charge in [-0.15, -0.1) is 0 Å². The standard InChI is InChI=1S/C22H42O3/c1-2-3-4-5-6-7-8-9-10-11-12-13-14-15-16-17-18-21(23)19-20-22(24)25/h18,23H,2-17,19-20H2,1H3,(H,24,25). The van der Waals surface area contributed by atoms with Gasteiger partial charge in [-0.2, -0.15) is 0 Å². The smallest absolute Gasteiger partial charge is 0.303 e. The van der Waals surface area contributed by atoms with Crippen molar-refractivity contribution in [2.45, 2.75) is 122 Å². The van der Waals surface area contributed by atoms with Crippen LogP contribution < -0.4 is 0 Å². The summed E-state index contributed by atoms with van der Waals surface area (Å²) in [5.74, 6) is -0.625. The molecule has 0 spiro atoms. The molecule has 0 heterocycles. The van der Waals surface area contributed by atoms with E-state index in [1.54, 1.807) is 6.08 Å². The van der Waals surface area contributed by atoms with Crippen LogP contribution in [-0.4, -0.2) is 16.2 Å². The molecule has 0 aliphatic rings. The SMILES string of the molecule is CCCCCCCCCCCCCCCCCC=C(O)CCC(=O)O. The van der Waals surface area contributed by atoms with Crippen LogP contribution in [0, 0.1) is 0 Å². The van der Waals surface area contributed by atoms with Crippen molar-refractivity contribution < 1.29 is 15.0 Å². The summed E-state index contributed by atoms with van der Waals surface area (Å²) in [5, 5.41) is 18.0. The Balaban J connectivity index is 3.16. The Morgan fingerprint density at radius 3 is 1.44 bits per heavy atom. The van der Waals surface area contributed by atoms with Gasteiger partial charge in [-0.3, -0.25) is 4.79 Å². The number of rotatable bonds is 19. The quantitative estimate of drug-likeness (QED) is 0.186. The third-order valence-corrected chi connectivity index (χ3v) is 4.78. The Morgan fingerprint density at radius 2 is 1.04 bits per heavy atom. The Bertz CT molecular complexity index is 323. The molecule has 2 N–H and O–H groups in total. The number of hydrogen-bond donors (Lipinski definition) is 2. The van der Waals surface area contributed by atoms with Crippen LogP contribution in [-0.2, 0) is 4.79 Å². The summed E-state index contributed by atoms with van der Waals surface area (Å²) < 4.78 is 0. The van der Waals surface area contributed by atoms with Crippen LogP contribution in [0.4, 0.5) is 0 Å². The van der Waals surface area contributed by atoms with E-state index in [1.807, 2.05) is 0 Å². The summed E-state index contributed by atoms with van der Waals surface area (Å²) >= 11 is 0. The molecule has 0 unspecified atom stereocenters. The molecule has 0 aromatic carbocycles. The number of carboxylic acid groups (broad SMARTS) is 1. The lowest BCUT2D eigenvalue weighted by atomic mass is 10.0. The van der Waals surface area contributed by atoms with Crippen LogP contribution in [0.25, 0.3) is 0 Å². The van der Waals surface area contributed by atoms with Gasteiger partial charge in [0.05, 0.1) is 12.2 Å². The first-order valence-corrected chi connectivity index (χ1v) is 10.8. The first-order valence-electron chi connectivity index (χ1n) is 10.8. The Hall–Kier alpha value is -0.990. The molecule has 0 atom stereocenters. The molecular weight excluding hydrogens is 312 g/mol. The molecule has 0 fully saturated rings. The van der Waals surface area contributed by atoms with E-state index in [4.69, 9.17) is 5.11 Å². The number of allylic oxidation sites excluding steroid dienone is 2. The molecule has 0 amide bonds. The zero-order chi connectivity index (χ0) is 18.6. The lowest BCUT2D eigenvalue weighted by molar-refractivity contribution is -0.137. The van der Waals surface area contributed by atoms with Crippen molar-refractivity contribution in [2.24, 2.45) is 0 Å². The highest BCUT2D eigenvalue weighted by Gasteiger charge is 1.99. The normalized spacial score (nSPS) is 11.8. The van der Waals surface area contributed by atoms with E-state index in [0.29, 0.717) is 0 Å². The average Bonchev–Trinajstić information content (AvgIpc) is 2.59. The Labute approximate surface area is 155 Å². The fraction of sp³-hybridized carbons (Fsp3) is 0.864. The predicted molar refractivity (Wildman–Crippen MR) is 107 cm³/mol. The van der Waals surface area contributed by atoms with Gasteiger partial charge >= 0.3 is 5.97 Å². The predicted octanol–water partition coefficient (Wildman–Crippen LogP) is 7.55. The minimum Gasteiger partial charge on any atom is -0.513 e. The number of carbonyl (C=O) groups is 1. The largest absolute Gasteiger partial charge is 0.513 e. The highest BCUT2D eigenvalue weighted by molar-refractivity contribution is 5.66. The average molecular weight is 355 g/mol. The molecule has 148 valence electrons. The van der Waals surface area contributed by atoms with E-state index in [1.165, 1.54) is 89.9 Å². The molecule has 0 aliphatic heterocycles. The van der Waals surface area contributed by atoms with Gasteiger partial charge in [0, 0.05) is 6.42 Å². The van der Waals surface area contributed by atoms with Gasteiger partial charge in [0.1, 0.15) is 0 Å². The van der Waals surface area contributed by atoms with Crippen LogP contribution in [0.3, 0.4) is 0 Å². The second kappa shape index (κ2) is 19.3. The number of carboxylic acids is 1. The fourth-order valence-electron chi connectivity index (χ4n) is 3.12. The molecule has 3 nitrogen and oxygen atoms in total. The van der Waals surface area contributed by atoms with Crippen molar-refractivity contribution in [2.75, 3.05) is 0 Å². The first-order chi connectivity index (χ1) is 12.2. The van der Waals surface area contributed by atoms with Gasteiger partial charge in [0.25, 0.3) is 0 Å². The van der Waals surface area contributed by atoms with Gasteiger partial charge in [0.15, 0.2) is 0 Å². The second-order valence-electron chi connectivity index (χ2n) is 7.33. The summed E-state index contributed by atoms with van der Waals surface area (Å²) in [6, 6.07) is 0. The van der Waals surface area contributed by atoms with Crippen molar-refractivity contribution in [1.29, 1.82) is 0 Å². The summed E-state index contributed by atoms with van der Waals surface area (Å²) in [4.78, 5) is 10.4.